The number of pyridine rings is 1. The standard InChI is InChI=1S/C15H25N3O2/c1-12-5-6-15(14(16-12)10-17(2)3)18-7-8-20-13(9-18)11-19-4/h5-6,13H,7-11H2,1-4H3. The zero-order valence-corrected chi connectivity index (χ0v) is 12.9. The Labute approximate surface area is 121 Å². The first-order chi connectivity index (χ1) is 9.60. The van der Waals surface area contributed by atoms with Crippen molar-refractivity contribution < 1.29 is 9.47 Å². The van der Waals surface area contributed by atoms with Gasteiger partial charge in [0.1, 0.15) is 0 Å². The van der Waals surface area contributed by atoms with Crippen LogP contribution in [0.2, 0.25) is 0 Å². The first kappa shape index (κ1) is 15.2. The summed E-state index contributed by atoms with van der Waals surface area (Å²) in [6, 6.07) is 4.26. The Bertz CT molecular complexity index is 435. The summed E-state index contributed by atoms with van der Waals surface area (Å²) in [5, 5.41) is 0. The van der Waals surface area contributed by atoms with Crippen LogP contribution in [-0.2, 0) is 16.0 Å². The molecule has 1 aliphatic rings. The average molecular weight is 279 g/mol. The SMILES string of the molecule is COCC1CN(c2ccc(C)nc2CN(C)C)CCO1. The molecule has 1 atom stereocenters. The van der Waals surface area contributed by atoms with Gasteiger partial charge >= 0.3 is 0 Å². The molecule has 0 radical (unpaired) electrons. The van der Waals surface area contributed by atoms with Gasteiger partial charge in [0.05, 0.1) is 30.7 Å². The summed E-state index contributed by atoms with van der Waals surface area (Å²) < 4.78 is 10.9. The molecule has 1 saturated heterocycles. The van der Waals surface area contributed by atoms with Crippen LogP contribution < -0.4 is 4.90 Å². The van der Waals surface area contributed by atoms with Crippen LogP contribution in [0.3, 0.4) is 0 Å². The number of aromatic nitrogens is 1. The third-order valence-electron chi connectivity index (χ3n) is 3.39. The van der Waals surface area contributed by atoms with Gasteiger partial charge < -0.3 is 19.3 Å². The molecule has 0 spiro atoms. The van der Waals surface area contributed by atoms with Gasteiger partial charge in [0.2, 0.25) is 0 Å². The molecule has 112 valence electrons. The summed E-state index contributed by atoms with van der Waals surface area (Å²) in [5.74, 6) is 0. The molecular weight excluding hydrogens is 254 g/mol. The van der Waals surface area contributed by atoms with Gasteiger partial charge in [0, 0.05) is 32.4 Å². The van der Waals surface area contributed by atoms with Gasteiger partial charge in [-0.2, -0.15) is 0 Å². The van der Waals surface area contributed by atoms with E-state index in [-0.39, 0.29) is 6.10 Å². The molecule has 20 heavy (non-hydrogen) atoms. The largest absolute Gasteiger partial charge is 0.382 e. The van der Waals surface area contributed by atoms with E-state index in [4.69, 9.17) is 14.5 Å². The van der Waals surface area contributed by atoms with Gasteiger partial charge in [-0.1, -0.05) is 0 Å². The Balaban J connectivity index is 2.18. The first-order valence-corrected chi connectivity index (χ1v) is 7.07. The molecule has 0 bridgehead atoms. The van der Waals surface area contributed by atoms with E-state index in [1.165, 1.54) is 5.69 Å². The Morgan fingerprint density at radius 1 is 1.45 bits per heavy atom. The predicted molar refractivity (Wildman–Crippen MR) is 80.2 cm³/mol. The van der Waals surface area contributed by atoms with Gasteiger partial charge in [0.15, 0.2) is 0 Å². The van der Waals surface area contributed by atoms with E-state index in [0.29, 0.717) is 6.61 Å². The summed E-state index contributed by atoms with van der Waals surface area (Å²) in [5.41, 5.74) is 3.41. The molecule has 1 fully saturated rings. The van der Waals surface area contributed by atoms with E-state index in [1.54, 1.807) is 7.11 Å². The van der Waals surface area contributed by atoms with Crippen LogP contribution in [0.1, 0.15) is 11.4 Å². The number of ether oxygens (including phenoxy) is 2. The summed E-state index contributed by atoms with van der Waals surface area (Å²) in [6.45, 7) is 6.03. The van der Waals surface area contributed by atoms with Crippen molar-refractivity contribution in [1.82, 2.24) is 9.88 Å². The minimum Gasteiger partial charge on any atom is -0.382 e. The van der Waals surface area contributed by atoms with Crippen molar-refractivity contribution in [2.24, 2.45) is 0 Å². The van der Waals surface area contributed by atoms with Crippen molar-refractivity contribution in [2.45, 2.75) is 19.6 Å². The van der Waals surface area contributed by atoms with E-state index >= 15 is 0 Å². The minimum atomic E-state index is 0.141. The smallest absolute Gasteiger partial charge is 0.0983 e. The normalized spacial score (nSPS) is 19.6. The number of rotatable bonds is 5. The van der Waals surface area contributed by atoms with E-state index in [9.17, 15) is 0 Å². The Kier molecular flexibility index (Phi) is 5.34. The van der Waals surface area contributed by atoms with Crippen molar-refractivity contribution in [3.8, 4) is 0 Å². The molecule has 5 heteroatoms. The van der Waals surface area contributed by atoms with Gasteiger partial charge in [-0.05, 0) is 33.2 Å². The molecule has 0 aromatic carbocycles. The first-order valence-electron chi connectivity index (χ1n) is 7.07. The lowest BCUT2D eigenvalue weighted by Gasteiger charge is -2.35. The van der Waals surface area contributed by atoms with E-state index < -0.39 is 0 Å². The molecule has 1 aliphatic heterocycles. The van der Waals surface area contributed by atoms with Crippen LogP contribution in [0.5, 0.6) is 0 Å². The molecule has 1 unspecified atom stereocenters. The number of nitrogens with zero attached hydrogens (tertiary/aromatic N) is 3. The average Bonchev–Trinajstić information content (AvgIpc) is 2.39. The monoisotopic (exact) mass is 279 g/mol. The van der Waals surface area contributed by atoms with Crippen molar-refractivity contribution in [3.63, 3.8) is 0 Å². The topological polar surface area (TPSA) is 37.8 Å². The fraction of sp³-hybridized carbons (Fsp3) is 0.667. The Hall–Kier alpha value is -1.17. The summed E-state index contributed by atoms with van der Waals surface area (Å²) in [4.78, 5) is 9.21. The molecule has 2 heterocycles. The maximum atomic E-state index is 5.72. The number of anilines is 1. The second-order valence-electron chi connectivity index (χ2n) is 5.55. The molecule has 1 aromatic rings. The van der Waals surface area contributed by atoms with Gasteiger partial charge in [-0.25, -0.2) is 0 Å². The van der Waals surface area contributed by atoms with Crippen LogP contribution in [0.4, 0.5) is 5.69 Å². The minimum absolute atomic E-state index is 0.141. The van der Waals surface area contributed by atoms with Gasteiger partial charge in [-0.15, -0.1) is 0 Å². The Morgan fingerprint density at radius 3 is 2.95 bits per heavy atom. The number of hydrogen-bond donors (Lipinski definition) is 0. The zero-order valence-electron chi connectivity index (χ0n) is 12.9. The van der Waals surface area contributed by atoms with Crippen LogP contribution in [0.15, 0.2) is 12.1 Å². The molecule has 0 N–H and O–H groups in total. The maximum Gasteiger partial charge on any atom is 0.0983 e. The van der Waals surface area contributed by atoms with Crippen molar-refractivity contribution >= 4 is 5.69 Å². The fourth-order valence-corrected chi connectivity index (χ4v) is 2.53. The lowest BCUT2D eigenvalue weighted by molar-refractivity contribution is -0.0101. The lowest BCUT2D eigenvalue weighted by Crippen LogP contribution is -2.45. The quantitative estimate of drug-likeness (QED) is 0.812. The third-order valence-corrected chi connectivity index (χ3v) is 3.39. The van der Waals surface area contributed by atoms with Gasteiger partial charge in [0.25, 0.3) is 0 Å². The zero-order chi connectivity index (χ0) is 14.5. The van der Waals surface area contributed by atoms with E-state index in [0.717, 1.165) is 37.6 Å². The highest BCUT2D eigenvalue weighted by atomic mass is 16.5. The third kappa shape index (κ3) is 3.91. The second-order valence-corrected chi connectivity index (χ2v) is 5.55. The van der Waals surface area contributed by atoms with Crippen LogP contribution in [0.25, 0.3) is 0 Å². The van der Waals surface area contributed by atoms with E-state index in [2.05, 4.69) is 36.0 Å². The summed E-state index contributed by atoms with van der Waals surface area (Å²) in [7, 11) is 5.86. The number of aryl methyl sites for hydroxylation is 1. The number of methoxy groups -OCH3 is 1. The van der Waals surface area contributed by atoms with Crippen LogP contribution in [-0.4, -0.2) is 63.5 Å². The maximum absolute atomic E-state index is 5.72. The fourth-order valence-electron chi connectivity index (χ4n) is 2.53. The molecule has 1 aromatic heterocycles. The van der Waals surface area contributed by atoms with Crippen molar-refractivity contribution in [2.75, 3.05) is 52.4 Å². The highest BCUT2D eigenvalue weighted by Crippen LogP contribution is 2.23. The molecule has 5 nitrogen and oxygen atoms in total. The second kappa shape index (κ2) is 7.02. The highest BCUT2D eigenvalue weighted by Gasteiger charge is 2.22. The summed E-state index contributed by atoms with van der Waals surface area (Å²) >= 11 is 0. The lowest BCUT2D eigenvalue weighted by atomic mass is 10.2. The number of morpholine rings is 1. The highest BCUT2D eigenvalue weighted by molar-refractivity contribution is 5.51. The summed E-state index contributed by atoms with van der Waals surface area (Å²) in [6.07, 6.45) is 0.141. The Morgan fingerprint density at radius 2 is 2.25 bits per heavy atom. The van der Waals surface area contributed by atoms with Crippen LogP contribution >= 0.6 is 0 Å². The molecule has 0 aliphatic carbocycles. The predicted octanol–water partition coefficient (Wildman–Crippen LogP) is 1.30. The molecule has 0 amide bonds. The molecular formula is C15H25N3O2. The molecule has 2 rings (SSSR count). The van der Waals surface area contributed by atoms with Crippen molar-refractivity contribution in [1.29, 1.82) is 0 Å². The van der Waals surface area contributed by atoms with Crippen molar-refractivity contribution in [3.05, 3.63) is 23.5 Å². The van der Waals surface area contributed by atoms with E-state index in [1.807, 2.05) is 6.92 Å². The van der Waals surface area contributed by atoms with Gasteiger partial charge in [-0.3, -0.25) is 4.98 Å². The molecule has 0 saturated carbocycles. The van der Waals surface area contributed by atoms with Crippen LogP contribution in [0, 0.1) is 6.92 Å². The number of hydrogen-bond acceptors (Lipinski definition) is 5.